The molecule has 1 aliphatic heterocycles. The van der Waals surface area contributed by atoms with Crippen LogP contribution in [0.1, 0.15) is 17.5 Å². The number of anilines is 1. The van der Waals surface area contributed by atoms with Crippen molar-refractivity contribution in [1.29, 1.82) is 0 Å². The second-order valence-corrected chi connectivity index (χ2v) is 5.29. The Hall–Kier alpha value is -2.76. The maximum atomic E-state index is 13.2. The van der Waals surface area contributed by atoms with Crippen LogP contribution in [0.15, 0.2) is 47.6 Å². The molecule has 23 heavy (non-hydrogen) atoms. The van der Waals surface area contributed by atoms with Crippen LogP contribution in [-0.4, -0.2) is 17.7 Å². The molecule has 3 rings (SSSR count). The summed E-state index contributed by atoms with van der Waals surface area (Å²) in [7, 11) is 0. The first-order valence-corrected chi connectivity index (χ1v) is 7.08. The van der Waals surface area contributed by atoms with Gasteiger partial charge in [-0.1, -0.05) is 17.3 Å². The maximum absolute atomic E-state index is 13.2. The standard InChI is InChI=1S/C17H14F2N2O2/c1-10-7-13(19)5-6-14(10)20-17(22)16-9-15(21-23-16)11-3-2-4-12(18)8-11/h2-8,16H,9H2,1H3,(H,20,22). The van der Waals surface area contributed by atoms with E-state index in [1.54, 1.807) is 19.1 Å². The fourth-order valence-corrected chi connectivity index (χ4v) is 2.34. The van der Waals surface area contributed by atoms with Gasteiger partial charge in [0.2, 0.25) is 6.10 Å². The van der Waals surface area contributed by atoms with Crippen molar-refractivity contribution in [2.24, 2.45) is 5.16 Å². The maximum Gasteiger partial charge on any atom is 0.268 e. The van der Waals surface area contributed by atoms with Crippen LogP contribution >= 0.6 is 0 Å². The lowest BCUT2D eigenvalue weighted by Gasteiger charge is -2.11. The zero-order chi connectivity index (χ0) is 16.4. The first kappa shape index (κ1) is 15.1. The highest BCUT2D eigenvalue weighted by atomic mass is 19.1. The second-order valence-electron chi connectivity index (χ2n) is 5.29. The third-order valence-electron chi connectivity index (χ3n) is 3.57. The van der Waals surface area contributed by atoms with Crippen molar-refractivity contribution in [3.8, 4) is 0 Å². The lowest BCUT2D eigenvalue weighted by atomic mass is 10.0. The zero-order valence-electron chi connectivity index (χ0n) is 12.3. The Labute approximate surface area is 131 Å². The molecular weight excluding hydrogens is 302 g/mol. The number of aryl methyl sites for hydroxylation is 1. The summed E-state index contributed by atoms with van der Waals surface area (Å²) in [5.74, 6) is -1.12. The van der Waals surface area contributed by atoms with E-state index < -0.39 is 6.10 Å². The van der Waals surface area contributed by atoms with Gasteiger partial charge in [-0.3, -0.25) is 4.79 Å². The van der Waals surface area contributed by atoms with Gasteiger partial charge in [0.1, 0.15) is 11.6 Å². The van der Waals surface area contributed by atoms with Crippen molar-refractivity contribution in [3.05, 3.63) is 65.2 Å². The summed E-state index contributed by atoms with van der Waals surface area (Å²) in [5.41, 5.74) is 2.22. The van der Waals surface area contributed by atoms with E-state index >= 15 is 0 Å². The summed E-state index contributed by atoms with van der Waals surface area (Å²) in [6.45, 7) is 1.70. The lowest BCUT2D eigenvalue weighted by Crippen LogP contribution is -2.28. The lowest BCUT2D eigenvalue weighted by molar-refractivity contribution is -0.125. The van der Waals surface area contributed by atoms with Crippen LogP contribution in [0.5, 0.6) is 0 Å². The number of oxime groups is 1. The van der Waals surface area contributed by atoms with Gasteiger partial charge in [0.15, 0.2) is 0 Å². The van der Waals surface area contributed by atoms with E-state index in [0.717, 1.165) is 0 Å². The number of hydrogen-bond donors (Lipinski definition) is 1. The molecule has 0 aromatic heterocycles. The molecule has 0 fully saturated rings. The number of nitrogens with zero attached hydrogens (tertiary/aromatic N) is 1. The Kier molecular flexibility index (Phi) is 4.06. The van der Waals surface area contributed by atoms with Crippen LogP contribution < -0.4 is 5.32 Å². The summed E-state index contributed by atoms with van der Waals surface area (Å²) in [4.78, 5) is 17.4. The quantitative estimate of drug-likeness (QED) is 0.943. The zero-order valence-corrected chi connectivity index (χ0v) is 12.3. The number of carbonyl (C=O) groups is 1. The molecular formula is C17H14F2N2O2. The van der Waals surface area contributed by atoms with E-state index in [2.05, 4.69) is 10.5 Å². The molecule has 1 heterocycles. The average molecular weight is 316 g/mol. The summed E-state index contributed by atoms with van der Waals surface area (Å²) in [6.07, 6.45) is -0.548. The topological polar surface area (TPSA) is 50.7 Å². The summed E-state index contributed by atoms with van der Waals surface area (Å²) in [6, 6.07) is 10.0. The largest absolute Gasteiger partial charge is 0.382 e. The smallest absolute Gasteiger partial charge is 0.268 e. The molecule has 2 aromatic rings. The monoisotopic (exact) mass is 316 g/mol. The highest BCUT2D eigenvalue weighted by Gasteiger charge is 2.29. The van der Waals surface area contributed by atoms with Gasteiger partial charge in [-0.15, -0.1) is 0 Å². The molecule has 1 aliphatic rings. The Morgan fingerprint density at radius 1 is 1.22 bits per heavy atom. The predicted molar refractivity (Wildman–Crippen MR) is 82.2 cm³/mol. The van der Waals surface area contributed by atoms with Crippen molar-refractivity contribution < 1.29 is 18.4 Å². The summed E-state index contributed by atoms with van der Waals surface area (Å²) < 4.78 is 26.3. The number of rotatable bonds is 3. The Morgan fingerprint density at radius 3 is 2.74 bits per heavy atom. The predicted octanol–water partition coefficient (Wildman–Crippen LogP) is 3.40. The molecule has 2 aromatic carbocycles. The minimum Gasteiger partial charge on any atom is -0.382 e. The van der Waals surface area contributed by atoms with Crippen LogP contribution in [0, 0.1) is 18.6 Å². The molecule has 1 atom stereocenters. The first-order valence-electron chi connectivity index (χ1n) is 7.08. The van der Waals surface area contributed by atoms with Gasteiger partial charge in [-0.25, -0.2) is 8.78 Å². The number of carbonyl (C=O) groups excluding carboxylic acids is 1. The minimum atomic E-state index is -0.794. The number of benzene rings is 2. The number of amides is 1. The van der Waals surface area contributed by atoms with Crippen LogP contribution in [0.2, 0.25) is 0 Å². The van der Waals surface area contributed by atoms with Crippen LogP contribution in [0.4, 0.5) is 14.5 Å². The molecule has 1 amide bonds. The molecule has 6 heteroatoms. The van der Waals surface area contributed by atoms with Crippen LogP contribution in [0.25, 0.3) is 0 Å². The molecule has 0 bridgehead atoms. The third-order valence-corrected chi connectivity index (χ3v) is 3.57. The van der Waals surface area contributed by atoms with Crippen molar-refractivity contribution in [3.63, 3.8) is 0 Å². The number of hydrogen-bond acceptors (Lipinski definition) is 3. The molecule has 0 radical (unpaired) electrons. The Bertz CT molecular complexity index is 790. The number of halogens is 2. The molecule has 1 N–H and O–H groups in total. The molecule has 0 aliphatic carbocycles. The summed E-state index contributed by atoms with van der Waals surface area (Å²) >= 11 is 0. The van der Waals surface area contributed by atoms with Gasteiger partial charge in [0, 0.05) is 17.7 Å². The fraction of sp³-hybridized carbons (Fsp3) is 0.176. The highest BCUT2D eigenvalue weighted by Crippen LogP contribution is 2.21. The normalized spacial score (nSPS) is 16.7. The van der Waals surface area contributed by atoms with E-state index in [-0.39, 0.29) is 24.0 Å². The second kappa shape index (κ2) is 6.16. The van der Waals surface area contributed by atoms with Gasteiger partial charge >= 0.3 is 0 Å². The first-order chi connectivity index (χ1) is 11.0. The number of nitrogens with one attached hydrogen (secondary N) is 1. The molecule has 4 nitrogen and oxygen atoms in total. The van der Waals surface area contributed by atoms with Gasteiger partial charge in [-0.2, -0.15) is 0 Å². The molecule has 0 saturated heterocycles. The van der Waals surface area contributed by atoms with Crippen LogP contribution in [0.3, 0.4) is 0 Å². The fourth-order valence-electron chi connectivity index (χ4n) is 2.34. The van der Waals surface area contributed by atoms with Gasteiger partial charge < -0.3 is 10.2 Å². The average Bonchev–Trinajstić information content (AvgIpc) is 3.00. The Balaban J connectivity index is 1.67. The third kappa shape index (κ3) is 3.36. The van der Waals surface area contributed by atoms with Gasteiger partial charge in [0.05, 0.1) is 5.71 Å². The molecule has 0 saturated carbocycles. The molecule has 1 unspecified atom stereocenters. The van der Waals surface area contributed by atoms with Gasteiger partial charge in [-0.05, 0) is 42.8 Å². The van der Waals surface area contributed by atoms with Crippen molar-refractivity contribution in [2.45, 2.75) is 19.4 Å². The van der Waals surface area contributed by atoms with Crippen molar-refractivity contribution in [1.82, 2.24) is 0 Å². The minimum absolute atomic E-state index is 0.246. The van der Waals surface area contributed by atoms with E-state index in [1.165, 1.54) is 30.3 Å². The van der Waals surface area contributed by atoms with E-state index in [0.29, 0.717) is 22.5 Å². The van der Waals surface area contributed by atoms with E-state index in [1.807, 2.05) is 0 Å². The molecule has 118 valence electrons. The van der Waals surface area contributed by atoms with Gasteiger partial charge in [0.25, 0.3) is 5.91 Å². The van der Waals surface area contributed by atoms with Crippen molar-refractivity contribution in [2.75, 3.05) is 5.32 Å². The Morgan fingerprint density at radius 2 is 2.00 bits per heavy atom. The van der Waals surface area contributed by atoms with Crippen molar-refractivity contribution >= 4 is 17.3 Å². The molecule has 0 spiro atoms. The van der Waals surface area contributed by atoms with E-state index in [9.17, 15) is 13.6 Å². The SMILES string of the molecule is Cc1cc(F)ccc1NC(=O)C1CC(c2cccc(F)c2)=NO1. The summed E-state index contributed by atoms with van der Waals surface area (Å²) in [5, 5.41) is 6.54. The van der Waals surface area contributed by atoms with Crippen LogP contribution in [-0.2, 0) is 9.63 Å². The van der Waals surface area contributed by atoms with E-state index in [4.69, 9.17) is 4.84 Å². The highest BCUT2D eigenvalue weighted by molar-refractivity contribution is 6.06.